The molecule has 1 aliphatic heterocycles. The molecule has 1 aromatic carbocycles. The molecule has 0 amide bonds. The van der Waals surface area contributed by atoms with Gasteiger partial charge in [-0.15, -0.1) is 0 Å². The molecule has 4 rings (SSSR count). The first kappa shape index (κ1) is 12.9. The third kappa shape index (κ3) is 1.95. The van der Waals surface area contributed by atoms with E-state index in [0.29, 0.717) is 35.4 Å². The predicted octanol–water partition coefficient (Wildman–Crippen LogP) is 3.23. The van der Waals surface area contributed by atoms with Gasteiger partial charge in [-0.05, 0) is 25.8 Å². The normalized spacial score (nSPS) is 13.7. The van der Waals surface area contributed by atoms with Crippen LogP contribution in [0.3, 0.4) is 0 Å². The topological polar surface area (TPSA) is 83.4 Å². The summed E-state index contributed by atoms with van der Waals surface area (Å²) in [7, 11) is 0. The van der Waals surface area contributed by atoms with Crippen LogP contribution in [-0.4, -0.2) is 16.7 Å². The SMILES string of the molecule is Cc1cccnc1Oc1cc2onc(N)c2c2c1CCCO2. The monoisotopic (exact) mass is 297 g/mol. The van der Waals surface area contributed by atoms with E-state index < -0.39 is 0 Å². The van der Waals surface area contributed by atoms with Crippen LogP contribution in [0.4, 0.5) is 5.82 Å². The van der Waals surface area contributed by atoms with Crippen molar-refractivity contribution in [3.63, 3.8) is 0 Å². The number of hydrogen-bond donors (Lipinski definition) is 1. The van der Waals surface area contributed by atoms with Crippen molar-refractivity contribution >= 4 is 16.8 Å². The molecule has 0 spiro atoms. The maximum Gasteiger partial charge on any atom is 0.222 e. The van der Waals surface area contributed by atoms with Gasteiger partial charge in [0.25, 0.3) is 0 Å². The van der Waals surface area contributed by atoms with E-state index in [9.17, 15) is 0 Å². The van der Waals surface area contributed by atoms with Crippen molar-refractivity contribution < 1.29 is 14.0 Å². The molecular weight excluding hydrogens is 282 g/mol. The van der Waals surface area contributed by atoms with Crippen LogP contribution in [0.1, 0.15) is 17.5 Å². The molecule has 6 heteroatoms. The van der Waals surface area contributed by atoms with E-state index in [1.165, 1.54) is 0 Å². The first-order valence-corrected chi connectivity index (χ1v) is 7.17. The number of fused-ring (bicyclic) bond motifs is 3. The molecule has 0 saturated carbocycles. The molecule has 0 radical (unpaired) electrons. The van der Waals surface area contributed by atoms with Crippen LogP contribution in [0.25, 0.3) is 11.0 Å². The lowest BCUT2D eigenvalue weighted by atomic mass is 10.0. The summed E-state index contributed by atoms with van der Waals surface area (Å²) < 4.78 is 17.1. The number of anilines is 1. The largest absolute Gasteiger partial charge is 0.492 e. The molecule has 3 aromatic rings. The van der Waals surface area contributed by atoms with Crippen LogP contribution in [0, 0.1) is 6.92 Å². The highest BCUT2D eigenvalue weighted by atomic mass is 16.5. The Morgan fingerprint density at radius 1 is 1.36 bits per heavy atom. The number of nitrogens with two attached hydrogens (primary N) is 1. The molecule has 0 fully saturated rings. The van der Waals surface area contributed by atoms with Crippen molar-refractivity contribution in [3.05, 3.63) is 35.5 Å². The zero-order chi connectivity index (χ0) is 15.1. The van der Waals surface area contributed by atoms with Crippen molar-refractivity contribution in [2.75, 3.05) is 12.3 Å². The predicted molar refractivity (Wildman–Crippen MR) is 81.3 cm³/mol. The lowest BCUT2D eigenvalue weighted by molar-refractivity contribution is 0.288. The Balaban J connectivity index is 1.89. The van der Waals surface area contributed by atoms with Crippen LogP contribution in [0.15, 0.2) is 28.9 Å². The van der Waals surface area contributed by atoms with Gasteiger partial charge in [-0.1, -0.05) is 11.2 Å². The van der Waals surface area contributed by atoms with E-state index in [0.717, 1.165) is 29.4 Å². The van der Waals surface area contributed by atoms with Crippen molar-refractivity contribution in [3.8, 4) is 17.4 Å². The minimum Gasteiger partial charge on any atom is -0.492 e. The summed E-state index contributed by atoms with van der Waals surface area (Å²) in [5, 5.41) is 4.54. The van der Waals surface area contributed by atoms with E-state index in [-0.39, 0.29) is 0 Å². The van der Waals surface area contributed by atoms with E-state index in [4.69, 9.17) is 19.7 Å². The van der Waals surface area contributed by atoms with E-state index in [1.807, 2.05) is 19.1 Å². The highest BCUT2D eigenvalue weighted by molar-refractivity contribution is 5.95. The summed E-state index contributed by atoms with van der Waals surface area (Å²) >= 11 is 0. The third-order valence-electron chi connectivity index (χ3n) is 3.79. The Kier molecular flexibility index (Phi) is 2.89. The second-order valence-electron chi connectivity index (χ2n) is 5.30. The number of nitrogens with zero attached hydrogens (tertiary/aromatic N) is 2. The Bertz CT molecular complexity index is 857. The molecule has 0 atom stereocenters. The third-order valence-corrected chi connectivity index (χ3v) is 3.79. The molecule has 0 aliphatic carbocycles. The van der Waals surface area contributed by atoms with Crippen molar-refractivity contribution in [1.29, 1.82) is 0 Å². The number of benzene rings is 1. The molecule has 6 nitrogen and oxygen atoms in total. The maximum absolute atomic E-state index is 6.01. The number of nitrogen functional groups attached to an aromatic ring is 1. The molecule has 0 unspecified atom stereocenters. The van der Waals surface area contributed by atoms with Gasteiger partial charge in [-0.2, -0.15) is 0 Å². The van der Waals surface area contributed by atoms with E-state index in [1.54, 1.807) is 12.3 Å². The maximum atomic E-state index is 6.01. The Morgan fingerprint density at radius 2 is 2.27 bits per heavy atom. The smallest absolute Gasteiger partial charge is 0.222 e. The summed E-state index contributed by atoms with van der Waals surface area (Å²) in [5.74, 6) is 2.31. The fourth-order valence-electron chi connectivity index (χ4n) is 2.70. The van der Waals surface area contributed by atoms with Crippen molar-refractivity contribution in [2.24, 2.45) is 0 Å². The van der Waals surface area contributed by atoms with Crippen LogP contribution in [-0.2, 0) is 6.42 Å². The number of aryl methyl sites for hydroxylation is 1. The molecule has 2 aromatic heterocycles. The van der Waals surface area contributed by atoms with Gasteiger partial charge in [0.1, 0.15) is 16.9 Å². The number of pyridine rings is 1. The van der Waals surface area contributed by atoms with Crippen LogP contribution in [0.2, 0.25) is 0 Å². The summed E-state index contributed by atoms with van der Waals surface area (Å²) in [6.07, 6.45) is 3.49. The minimum absolute atomic E-state index is 0.341. The van der Waals surface area contributed by atoms with Gasteiger partial charge in [0.05, 0.1) is 6.61 Å². The lowest BCUT2D eigenvalue weighted by Crippen LogP contribution is -2.10. The van der Waals surface area contributed by atoms with E-state index in [2.05, 4.69) is 10.1 Å². The molecule has 2 N–H and O–H groups in total. The number of ether oxygens (including phenoxy) is 2. The van der Waals surface area contributed by atoms with Gasteiger partial charge >= 0.3 is 0 Å². The summed E-state index contributed by atoms with van der Waals surface area (Å²) in [6.45, 7) is 2.61. The molecule has 3 heterocycles. The number of rotatable bonds is 2. The van der Waals surface area contributed by atoms with Crippen molar-refractivity contribution in [2.45, 2.75) is 19.8 Å². The quantitative estimate of drug-likeness (QED) is 0.781. The zero-order valence-corrected chi connectivity index (χ0v) is 12.1. The number of aromatic nitrogens is 2. The average molecular weight is 297 g/mol. The lowest BCUT2D eigenvalue weighted by Gasteiger charge is -2.20. The zero-order valence-electron chi connectivity index (χ0n) is 12.1. The molecule has 0 bridgehead atoms. The summed E-state index contributed by atoms with van der Waals surface area (Å²) in [6, 6.07) is 5.64. The van der Waals surface area contributed by atoms with Gasteiger partial charge in [0.2, 0.25) is 5.88 Å². The minimum atomic E-state index is 0.341. The van der Waals surface area contributed by atoms with Gasteiger partial charge < -0.3 is 19.7 Å². The fourth-order valence-corrected chi connectivity index (χ4v) is 2.70. The van der Waals surface area contributed by atoms with Gasteiger partial charge in [-0.3, -0.25) is 0 Å². The summed E-state index contributed by atoms with van der Waals surface area (Å²) in [4.78, 5) is 4.27. The summed E-state index contributed by atoms with van der Waals surface area (Å²) in [5.41, 5.74) is 8.39. The second-order valence-corrected chi connectivity index (χ2v) is 5.30. The highest BCUT2D eigenvalue weighted by Gasteiger charge is 2.24. The molecule has 112 valence electrons. The second kappa shape index (κ2) is 4.91. The molecule has 1 aliphatic rings. The fraction of sp³-hybridized carbons (Fsp3) is 0.250. The Hall–Kier alpha value is -2.76. The number of hydrogen-bond acceptors (Lipinski definition) is 6. The Morgan fingerprint density at radius 3 is 3.14 bits per heavy atom. The van der Waals surface area contributed by atoms with Gasteiger partial charge in [0, 0.05) is 23.4 Å². The molecule has 22 heavy (non-hydrogen) atoms. The highest BCUT2D eigenvalue weighted by Crippen LogP contribution is 2.43. The standard InChI is InChI=1S/C16H15N3O3/c1-9-4-2-6-18-16(9)21-11-8-12-13(15(17)19-22-12)14-10(11)5-3-7-20-14/h2,4,6,8H,3,5,7H2,1H3,(H2,17,19). The Labute approximate surface area is 126 Å². The molecular formula is C16H15N3O3. The first-order valence-electron chi connectivity index (χ1n) is 7.17. The van der Waals surface area contributed by atoms with Crippen LogP contribution in [0.5, 0.6) is 17.4 Å². The van der Waals surface area contributed by atoms with Crippen molar-refractivity contribution in [1.82, 2.24) is 10.1 Å². The van der Waals surface area contributed by atoms with Gasteiger partial charge in [-0.25, -0.2) is 4.98 Å². The molecule has 0 saturated heterocycles. The van der Waals surface area contributed by atoms with Crippen LogP contribution >= 0.6 is 0 Å². The van der Waals surface area contributed by atoms with Gasteiger partial charge in [0.15, 0.2) is 11.4 Å². The average Bonchev–Trinajstić information content (AvgIpc) is 2.91. The van der Waals surface area contributed by atoms with Crippen LogP contribution < -0.4 is 15.2 Å². The van der Waals surface area contributed by atoms with E-state index >= 15 is 0 Å². The first-order chi connectivity index (χ1) is 10.7.